The first-order valence-corrected chi connectivity index (χ1v) is 8.71. The molecular formula is C22H23NO3. The molecule has 4 nitrogen and oxygen atoms in total. The molecule has 1 amide bonds. The number of likely N-dealkylation sites (N-methyl/N-ethyl adjacent to an activating group) is 1. The fraction of sp³-hybridized carbons (Fsp3) is 0.227. The number of carbonyl (C=O) groups excluding carboxylic acids is 1. The fourth-order valence-electron chi connectivity index (χ4n) is 2.79. The summed E-state index contributed by atoms with van der Waals surface area (Å²) in [7, 11) is 0. The zero-order valence-electron chi connectivity index (χ0n) is 15.2. The third-order valence-electron chi connectivity index (χ3n) is 4.10. The second kappa shape index (κ2) is 7.91. The van der Waals surface area contributed by atoms with Crippen LogP contribution in [0.4, 0.5) is 0 Å². The van der Waals surface area contributed by atoms with Crippen LogP contribution in [0.15, 0.2) is 71.2 Å². The van der Waals surface area contributed by atoms with Crippen molar-refractivity contribution in [2.75, 3.05) is 13.1 Å². The number of fused-ring (bicyclic) bond motifs is 1. The Kier molecular flexibility index (Phi) is 5.42. The van der Waals surface area contributed by atoms with Crippen LogP contribution in [0.25, 0.3) is 10.8 Å². The van der Waals surface area contributed by atoms with Crippen LogP contribution in [0.5, 0.6) is 5.75 Å². The van der Waals surface area contributed by atoms with Crippen LogP contribution in [-0.2, 0) is 6.61 Å². The zero-order chi connectivity index (χ0) is 18.5. The van der Waals surface area contributed by atoms with Gasteiger partial charge in [-0.05, 0) is 48.9 Å². The predicted molar refractivity (Wildman–Crippen MR) is 103 cm³/mol. The van der Waals surface area contributed by atoms with E-state index in [1.54, 1.807) is 17.0 Å². The van der Waals surface area contributed by atoms with Gasteiger partial charge in [-0.15, -0.1) is 0 Å². The van der Waals surface area contributed by atoms with E-state index in [1.807, 2.05) is 50.2 Å². The summed E-state index contributed by atoms with van der Waals surface area (Å²) in [6, 6.07) is 17.6. The van der Waals surface area contributed by atoms with E-state index in [1.165, 1.54) is 5.39 Å². The van der Waals surface area contributed by atoms with Crippen molar-refractivity contribution in [1.82, 2.24) is 4.90 Å². The van der Waals surface area contributed by atoms with Crippen molar-refractivity contribution in [2.45, 2.75) is 20.5 Å². The molecule has 0 aliphatic carbocycles. The Morgan fingerprint density at radius 3 is 2.62 bits per heavy atom. The first-order chi connectivity index (χ1) is 12.6. The van der Waals surface area contributed by atoms with Crippen LogP contribution >= 0.6 is 0 Å². The minimum absolute atomic E-state index is 0.132. The van der Waals surface area contributed by atoms with Crippen molar-refractivity contribution in [3.63, 3.8) is 0 Å². The standard InChI is InChI=1S/C22H23NO3/c1-4-23(14-16(2)3)22(24)21-12-11-20(26-21)15-25-19-10-9-17-7-5-6-8-18(17)13-19/h5-13H,2,4,14-15H2,1,3H3. The smallest absolute Gasteiger partial charge is 0.289 e. The summed E-state index contributed by atoms with van der Waals surface area (Å²) in [5, 5.41) is 2.29. The molecule has 0 aliphatic heterocycles. The SMILES string of the molecule is C=C(C)CN(CC)C(=O)c1ccc(COc2ccc3ccccc3c2)o1. The lowest BCUT2D eigenvalue weighted by molar-refractivity contribution is 0.0742. The molecular weight excluding hydrogens is 326 g/mol. The number of hydrogen-bond acceptors (Lipinski definition) is 3. The number of ether oxygens (including phenoxy) is 1. The molecule has 2 aromatic carbocycles. The van der Waals surface area contributed by atoms with E-state index >= 15 is 0 Å². The molecule has 0 radical (unpaired) electrons. The summed E-state index contributed by atoms with van der Waals surface area (Å²) in [5.74, 6) is 1.58. The van der Waals surface area contributed by atoms with Crippen LogP contribution in [0.1, 0.15) is 30.2 Å². The molecule has 0 bridgehead atoms. The summed E-state index contributed by atoms with van der Waals surface area (Å²) in [4.78, 5) is 14.2. The van der Waals surface area contributed by atoms with Gasteiger partial charge >= 0.3 is 0 Å². The van der Waals surface area contributed by atoms with Gasteiger partial charge in [0.15, 0.2) is 5.76 Å². The molecule has 134 valence electrons. The molecule has 26 heavy (non-hydrogen) atoms. The highest BCUT2D eigenvalue weighted by molar-refractivity contribution is 5.91. The van der Waals surface area contributed by atoms with E-state index in [0.717, 1.165) is 16.7 Å². The Morgan fingerprint density at radius 2 is 1.88 bits per heavy atom. The normalized spacial score (nSPS) is 10.7. The Hall–Kier alpha value is -3.01. The Balaban J connectivity index is 1.65. The van der Waals surface area contributed by atoms with E-state index in [2.05, 4.69) is 12.6 Å². The van der Waals surface area contributed by atoms with Gasteiger partial charge in [0.1, 0.15) is 18.1 Å². The number of rotatable bonds is 7. The van der Waals surface area contributed by atoms with Crippen molar-refractivity contribution in [1.29, 1.82) is 0 Å². The topological polar surface area (TPSA) is 42.7 Å². The van der Waals surface area contributed by atoms with Crippen molar-refractivity contribution in [3.05, 3.63) is 78.3 Å². The number of nitrogens with zero attached hydrogens (tertiary/aromatic N) is 1. The molecule has 4 heteroatoms. The molecule has 0 fully saturated rings. The fourth-order valence-corrected chi connectivity index (χ4v) is 2.79. The number of benzene rings is 2. The van der Waals surface area contributed by atoms with Gasteiger partial charge in [0.25, 0.3) is 5.91 Å². The van der Waals surface area contributed by atoms with E-state index in [-0.39, 0.29) is 12.5 Å². The minimum atomic E-state index is -0.132. The lowest BCUT2D eigenvalue weighted by Crippen LogP contribution is -2.31. The highest BCUT2D eigenvalue weighted by atomic mass is 16.5. The molecule has 1 heterocycles. The van der Waals surface area contributed by atoms with E-state index in [0.29, 0.717) is 24.6 Å². The van der Waals surface area contributed by atoms with Gasteiger partial charge in [-0.25, -0.2) is 0 Å². The average Bonchev–Trinajstić information content (AvgIpc) is 3.12. The minimum Gasteiger partial charge on any atom is -0.486 e. The zero-order valence-corrected chi connectivity index (χ0v) is 15.2. The van der Waals surface area contributed by atoms with Crippen LogP contribution in [0.3, 0.4) is 0 Å². The maximum atomic E-state index is 12.5. The largest absolute Gasteiger partial charge is 0.486 e. The molecule has 0 atom stereocenters. The van der Waals surface area contributed by atoms with Crippen molar-refractivity contribution < 1.29 is 13.9 Å². The van der Waals surface area contributed by atoms with E-state index < -0.39 is 0 Å². The van der Waals surface area contributed by atoms with Crippen LogP contribution in [0.2, 0.25) is 0 Å². The maximum Gasteiger partial charge on any atom is 0.289 e. The van der Waals surface area contributed by atoms with Crippen molar-refractivity contribution in [3.8, 4) is 5.75 Å². The molecule has 0 unspecified atom stereocenters. The molecule has 0 N–H and O–H groups in total. The molecule has 3 aromatic rings. The van der Waals surface area contributed by atoms with E-state index in [4.69, 9.17) is 9.15 Å². The molecule has 3 rings (SSSR count). The molecule has 0 spiro atoms. The number of carbonyl (C=O) groups is 1. The van der Waals surface area contributed by atoms with E-state index in [9.17, 15) is 4.79 Å². The summed E-state index contributed by atoms with van der Waals surface area (Å²) < 4.78 is 11.5. The highest BCUT2D eigenvalue weighted by Crippen LogP contribution is 2.22. The molecule has 0 saturated carbocycles. The number of amides is 1. The maximum absolute atomic E-state index is 12.5. The quantitative estimate of drug-likeness (QED) is 0.561. The van der Waals surface area contributed by atoms with Gasteiger partial charge in [0.05, 0.1) is 0 Å². The summed E-state index contributed by atoms with van der Waals surface area (Å²) in [6.07, 6.45) is 0. The summed E-state index contributed by atoms with van der Waals surface area (Å²) in [5.41, 5.74) is 0.937. The van der Waals surface area contributed by atoms with Crippen LogP contribution < -0.4 is 4.74 Å². The van der Waals surface area contributed by atoms with Crippen LogP contribution in [-0.4, -0.2) is 23.9 Å². The van der Waals surface area contributed by atoms with Gasteiger partial charge in [-0.1, -0.05) is 42.5 Å². The van der Waals surface area contributed by atoms with Crippen LogP contribution in [0, 0.1) is 0 Å². The molecule has 1 aromatic heterocycles. The third kappa shape index (κ3) is 4.14. The lowest BCUT2D eigenvalue weighted by atomic mass is 10.1. The molecule has 0 saturated heterocycles. The van der Waals surface area contributed by atoms with Gasteiger partial charge in [0.2, 0.25) is 0 Å². The lowest BCUT2D eigenvalue weighted by Gasteiger charge is -2.19. The average molecular weight is 349 g/mol. The van der Waals surface area contributed by atoms with Gasteiger partial charge in [0, 0.05) is 13.1 Å². The van der Waals surface area contributed by atoms with Gasteiger partial charge < -0.3 is 14.1 Å². The third-order valence-corrected chi connectivity index (χ3v) is 4.10. The first-order valence-electron chi connectivity index (χ1n) is 8.71. The first kappa shape index (κ1) is 17.8. The monoisotopic (exact) mass is 349 g/mol. The van der Waals surface area contributed by atoms with Gasteiger partial charge in [-0.2, -0.15) is 0 Å². The summed E-state index contributed by atoms with van der Waals surface area (Å²) >= 11 is 0. The van der Waals surface area contributed by atoms with Gasteiger partial charge in [-0.3, -0.25) is 4.79 Å². The van der Waals surface area contributed by atoms with Crippen molar-refractivity contribution in [2.24, 2.45) is 0 Å². The highest BCUT2D eigenvalue weighted by Gasteiger charge is 2.18. The Labute approximate surface area is 153 Å². The Morgan fingerprint density at radius 1 is 1.12 bits per heavy atom. The summed E-state index contributed by atoms with van der Waals surface area (Å²) in [6.45, 7) is 9.12. The number of furan rings is 1. The van der Waals surface area contributed by atoms with Crippen molar-refractivity contribution >= 4 is 16.7 Å². The second-order valence-corrected chi connectivity index (χ2v) is 6.34. The Bertz CT molecular complexity index is 926. The number of hydrogen-bond donors (Lipinski definition) is 0. The second-order valence-electron chi connectivity index (χ2n) is 6.34. The predicted octanol–water partition coefficient (Wildman–Crippen LogP) is 5.05. The molecule has 0 aliphatic rings.